The first-order chi connectivity index (χ1) is 34.9. The summed E-state index contributed by atoms with van der Waals surface area (Å²) in [7, 11) is 0. The zero-order valence-electron chi connectivity index (χ0n) is 48.7. The molecule has 0 bridgehead atoms. The number of hydrogen-bond acceptors (Lipinski definition) is 6. The molecule has 0 aliphatic rings. The van der Waals surface area contributed by atoms with E-state index in [9.17, 15) is 14.4 Å². The molecule has 0 saturated heterocycles. The zero-order valence-corrected chi connectivity index (χ0v) is 48.7. The van der Waals surface area contributed by atoms with E-state index in [0.717, 1.165) is 63.7 Å². The molecule has 0 aliphatic heterocycles. The Morgan fingerprint density at radius 1 is 0.282 bits per heavy atom. The summed E-state index contributed by atoms with van der Waals surface area (Å²) in [5.74, 6) is 0.0822. The summed E-state index contributed by atoms with van der Waals surface area (Å²) in [6.07, 6.45) is 66.7. The van der Waals surface area contributed by atoms with Crippen molar-refractivity contribution in [1.82, 2.24) is 0 Å². The van der Waals surface area contributed by atoms with Gasteiger partial charge in [-0.2, -0.15) is 0 Å². The number of rotatable bonds is 60. The van der Waals surface area contributed by atoms with Gasteiger partial charge in [0.2, 0.25) is 0 Å². The van der Waals surface area contributed by atoms with Gasteiger partial charge >= 0.3 is 17.9 Å². The number of hydrogen-bond donors (Lipinski definition) is 0. The fraction of sp³-hybridized carbons (Fsp3) is 0.954. The third-order valence-corrected chi connectivity index (χ3v) is 15.4. The fourth-order valence-electron chi connectivity index (χ4n) is 10.1. The average Bonchev–Trinajstić information content (AvgIpc) is 3.37. The molecular weight excluding hydrogens is 877 g/mol. The molecule has 71 heavy (non-hydrogen) atoms. The molecule has 6 nitrogen and oxygen atoms in total. The van der Waals surface area contributed by atoms with Crippen LogP contribution in [0.2, 0.25) is 0 Å². The highest BCUT2D eigenvalue weighted by Crippen LogP contribution is 2.19. The van der Waals surface area contributed by atoms with Crippen LogP contribution in [-0.4, -0.2) is 37.2 Å². The van der Waals surface area contributed by atoms with E-state index in [0.29, 0.717) is 19.3 Å². The second-order valence-corrected chi connectivity index (χ2v) is 22.6. The summed E-state index contributed by atoms with van der Waals surface area (Å²) in [4.78, 5) is 38.3. The maximum Gasteiger partial charge on any atom is 0.306 e. The lowest BCUT2D eigenvalue weighted by molar-refractivity contribution is -0.167. The van der Waals surface area contributed by atoms with E-state index in [1.165, 1.54) is 270 Å². The van der Waals surface area contributed by atoms with Crippen molar-refractivity contribution in [3.8, 4) is 0 Å². The Morgan fingerprint density at radius 3 is 0.732 bits per heavy atom. The topological polar surface area (TPSA) is 78.9 Å². The molecule has 1 unspecified atom stereocenters. The van der Waals surface area contributed by atoms with Gasteiger partial charge in [0, 0.05) is 19.3 Å². The number of carbonyl (C=O) groups excluding carboxylic acids is 3. The van der Waals surface area contributed by atoms with Gasteiger partial charge in [-0.25, -0.2) is 0 Å². The van der Waals surface area contributed by atoms with Crippen molar-refractivity contribution >= 4 is 17.9 Å². The maximum absolute atomic E-state index is 12.9. The van der Waals surface area contributed by atoms with Crippen LogP contribution in [0.5, 0.6) is 0 Å². The van der Waals surface area contributed by atoms with Gasteiger partial charge in [-0.1, -0.05) is 336 Å². The van der Waals surface area contributed by atoms with Gasteiger partial charge in [0.15, 0.2) is 6.10 Å². The van der Waals surface area contributed by atoms with E-state index in [2.05, 4.69) is 27.7 Å². The van der Waals surface area contributed by atoms with Crippen molar-refractivity contribution in [2.45, 2.75) is 381 Å². The molecule has 6 heteroatoms. The molecule has 0 aromatic carbocycles. The smallest absolute Gasteiger partial charge is 0.306 e. The van der Waals surface area contributed by atoms with Crippen LogP contribution in [0.25, 0.3) is 0 Å². The maximum atomic E-state index is 12.9. The minimum absolute atomic E-state index is 0.0611. The van der Waals surface area contributed by atoms with Crippen LogP contribution in [0.1, 0.15) is 374 Å². The molecule has 0 radical (unpaired) electrons. The van der Waals surface area contributed by atoms with Gasteiger partial charge in [0.05, 0.1) is 0 Å². The normalized spacial score (nSPS) is 12.3. The Balaban J connectivity index is 4.22. The summed E-state index contributed by atoms with van der Waals surface area (Å²) in [6.45, 7) is 9.13. The van der Waals surface area contributed by atoms with Crippen molar-refractivity contribution in [2.24, 2.45) is 5.92 Å². The van der Waals surface area contributed by atoms with Crippen LogP contribution in [-0.2, 0) is 28.6 Å². The molecule has 0 aliphatic carbocycles. The van der Waals surface area contributed by atoms with Crippen molar-refractivity contribution in [3.63, 3.8) is 0 Å². The summed E-state index contributed by atoms with van der Waals surface area (Å²) in [6, 6.07) is 0. The lowest BCUT2D eigenvalue weighted by atomic mass is 9.99. The predicted molar refractivity (Wildman–Crippen MR) is 307 cm³/mol. The minimum Gasteiger partial charge on any atom is -0.462 e. The van der Waals surface area contributed by atoms with E-state index in [1.807, 2.05) is 0 Å². The molecule has 0 N–H and O–H groups in total. The third kappa shape index (κ3) is 57.5. The van der Waals surface area contributed by atoms with Crippen molar-refractivity contribution in [2.75, 3.05) is 13.2 Å². The summed E-state index contributed by atoms with van der Waals surface area (Å²) >= 11 is 0. The summed E-state index contributed by atoms with van der Waals surface area (Å²) < 4.78 is 16.9. The van der Waals surface area contributed by atoms with E-state index < -0.39 is 6.10 Å². The van der Waals surface area contributed by atoms with Gasteiger partial charge in [-0.05, 0) is 25.2 Å². The Kier molecular flexibility index (Phi) is 58.0. The Morgan fingerprint density at radius 2 is 0.493 bits per heavy atom. The number of unbranched alkanes of at least 4 members (excludes halogenated alkanes) is 46. The quantitative estimate of drug-likeness (QED) is 0.0343. The van der Waals surface area contributed by atoms with Crippen LogP contribution in [0, 0.1) is 5.92 Å². The first-order valence-electron chi connectivity index (χ1n) is 32.4. The molecule has 422 valence electrons. The van der Waals surface area contributed by atoms with Crippen LogP contribution in [0.15, 0.2) is 0 Å². The number of ether oxygens (including phenoxy) is 3. The van der Waals surface area contributed by atoms with Gasteiger partial charge in [-0.15, -0.1) is 0 Å². The average molecular weight is 1000 g/mol. The third-order valence-electron chi connectivity index (χ3n) is 15.4. The highest BCUT2D eigenvalue weighted by Gasteiger charge is 2.19. The molecule has 0 aromatic rings. The van der Waals surface area contributed by atoms with Crippen molar-refractivity contribution in [3.05, 3.63) is 0 Å². The first-order valence-corrected chi connectivity index (χ1v) is 32.4. The Bertz CT molecular complexity index is 1080. The molecular formula is C65H126O6. The largest absolute Gasteiger partial charge is 0.462 e. The molecule has 0 rings (SSSR count). The van der Waals surface area contributed by atoms with E-state index in [4.69, 9.17) is 14.2 Å². The Hall–Kier alpha value is -1.59. The lowest BCUT2D eigenvalue weighted by Gasteiger charge is -2.18. The van der Waals surface area contributed by atoms with Gasteiger partial charge in [0.25, 0.3) is 0 Å². The standard InChI is InChI=1S/C65H126O6/c1-5-8-10-12-14-16-18-20-21-22-23-28-31-34-38-42-46-50-54-58-65(68)71-62(59-69-63(66)56-52-48-44-40-36-19-17-15-13-11-9-6-2)60-70-64(67)57-53-49-45-41-37-33-30-27-25-24-26-29-32-35-39-43-47-51-55-61(4)7-3/h61-62H,5-60H2,1-4H3/t61?,62-/m0/s1. The number of carbonyl (C=O) groups is 3. The molecule has 2 atom stereocenters. The summed E-state index contributed by atoms with van der Waals surface area (Å²) in [5.41, 5.74) is 0. The van der Waals surface area contributed by atoms with E-state index >= 15 is 0 Å². The van der Waals surface area contributed by atoms with Gasteiger partial charge in [0.1, 0.15) is 13.2 Å². The Labute approximate surface area is 444 Å². The second kappa shape index (κ2) is 59.3. The SMILES string of the molecule is CCCCCCCCCCCCCCCCCCCCCC(=O)O[C@@H](COC(=O)CCCCCCCCCCCCCC)COC(=O)CCCCCCCCCCCCCCCCCCCCC(C)CC. The molecule has 0 spiro atoms. The minimum atomic E-state index is -0.762. The molecule has 0 amide bonds. The zero-order chi connectivity index (χ0) is 51.6. The van der Waals surface area contributed by atoms with Gasteiger partial charge in [-0.3, -0.25) is 14.4 Å². The monoisotopic (exact) mass is 1000 g/mol. The van der Waals surface area contributed by atoms with Crippen molar-refractivity contribution in [1.29, 1.82) is 0 Å². The van der Waals surface area contributed by atoms with E-state index in [-0.39, 0.29) is 31.1 Å². The highest BCUT2D eigenvalue weighted by molar-refractivity contribution is 5.71. The van der Waals surface area contributed by atoms with Gasteiger partial charge < -0.3 is 14.2 Å². The van der Waals surface area contributed by atoms with Crippen LogP contribution < -0.4 is 0 Å². The molecule has 0 saturated carbocycles. The highest BCUT2D eigenvalue weighted by atomic mass is 16.6. The first kappa shape index (κ1) is 69.4. The molecule has 0 heterocycles. The molecule has 0 fully saturated rings. The van der Waals surface area contributed by atoms with E-state index in [1.54, 1.807) is 0 Å². The molecule has 0 aromatic heterocycles. The second-order valence-electron chi connectivity index (χ2n) is 22.6. The van der Waals surface area contributed by atoms with Crippen LogP contribution >= 0.6 is 0 Å². The summed E-state index contributed by atoms with van der Waals surface area (Å²) in [5, 5.41) is 0. The van der Waals surface area contributed by atoms with Crippen LogP contribution in [0.4, 0.5) is 0 Å². The lowest BCUT2D eigenvalue weighted by Crippen LogP contribution is -2.30. The van der Waals surface area contributed by atoms with Crippen molar-refractivity contribution < 1.29 is 28.6 Å². The predicted octanol–water partition coefficient (Wildman–Crippen LogP) is 21.7. The fourth-order valence-corrected chi connectivity index (χ4v) is 10.1. The number of esters is 3. The van der Waals surface area contributed by atoms with Crippen LogP contribution in [0.3, 0.4) is 0 Å².